The van der Waals surface area contributed by atoms with Gasteiger partial charge in [-0.1, -0.05) is 58.0 Å². The van der Waals surface area contributed by atoms with Crippen molar-refractivity contribution in [1.82, 2.24) is 4.90 Å². The lowest BCUT2D eigenvalue weighted by Gasteiger charge is -2.28. The molecule has 1 aromatic carbocycles. The molecule has 2 atom stereocenters. The number of carbonyl (C=O) groups excluding carboxylic acids is 3. The first-order valence-electron chi connectivity index (χ1n) is 8.71. The molecule has 24 heavy (non-hydrogen) atoms. The van der Waals surface area contributed by atoms with E-state index >= 15 is 0 Å². The van der Waals surface area contributed by atoms with Gasteiger partial charge < -0.3 is 4.90 Å². The number of carbonyl (C=O) groups is 3. The second-order valence-corrected chi connectivity index (χ2v) is 7.51. The van der Waals surface area contributed by atoms with E-state index in [9.17, 15) is 14.4 Å². The molecule has 1 heterocycles. The third-order valence-electron chi connectivity index (χ3n) is 4.67. The van der Waals surface area contributed by atoms with Crippen LogP contribution in [-0.4, -0.2) is 35.0 Å². The third-order valence-corrected chi connectivity index (χ3v) is 4.67. The van der Waals surface area contributed by atoms with Crippen LogP contribution < -0.4 is 0 Å². The normalized spacial score (nSPS) is 19.2. The Kier molecular flexibility index (Phi) is 5.58. The monoisotopic (exact) mass is 329 g/mol. The highest BCUT2D eigenvalue weighted by Gasteiger charge is 2.41. The summed E-state index contributed by atoms with van der Waals surface area (Å²) in [5.74, 6) is -1.11. The summed E-state index contributed by atoms with van der Waals surface area (Å²) in [5, 5.41) is 0. The minimum absolute atomic E-state index is 0.0521. The standard InChI is InChI=1S/C20H27NO3/c1-5-15(14-10-7-6-8-11-14)17(22)16-12-9-13-21(16)19(24)18(23)20(2,3)4/h6-8,10-11,15-16H,5,9,12-13H2,1-4H3. The second kappa shape index (κ2) is 7.29. The van der Waals surface area contributed by atoms with E-state index in [0.717, 1.165) is 12.0 Å². The molecule has 1 saturated heterocycles. The summed E-state index contributed by atoms with van der Waals surface area (Å²) in [6.07, 6.45) is 2.10. The summed E-state index contributed by atoms with van der Waals surface area (Å²) in [7, 11) is 0. The molecule has 0 bridgehead atoms. The number of likely N-dealkylation sites (tertiary alicyclic amines) is 1. The number of benzene rings is 1. The highest BCUT2D eigenvalue weighted by atomic mass is 16.2. The van der Waals surface area contributed by atoms with Gasteiger partial charge in [0.2, 0.25) is 5.78 Å². The van der Waals surface area contributed by atoms with Gasteiger partial charge >= 0.3 is 0 Å². The molecule has 0 N–H and O–H groups in total. The molecule has 1 aliphatic rings. The Bertz CT molecular complexity index is 616. The van der Waals surface area contributed by atoms with E-state index in [0.29, 0.717) is 19.4 Å². The maximum atomic E-state index is 13.1. The van der Waals surface area contributed by atoms with E-state index in [-0.39, 0.29) is 11.7 Å². The molecule has 1 aliphatic heterocycles. The minimum atomic E-state index is -0.725. The Hall–Kier alpha value is -1.97. The molecule has 4 nitrogen and oxygen atoms in total. The zero-order valence-electron chi connectivity index (χ0n) is 15.0. The largest absolute Gasteiger partial charge is 0.326 e. The molecular weight excluding hydrogens is 302 g/mol. The van der Waals surface area contributed by atoms with E-state index < -0.39 is 23.1 Å². The van der Waals surface area contributed by atoms with Gasteiger partial charge in [0.1, 0.15) is 0 Å². The summed E-state index contributed by atoms with van der Waals surface area (Å²) in [6, 6.07) is 9.20. The number of Topliss-reactive ketones (excluding diaryl/α,β-unsaturated/α-hetero) is 2. The van der Waals surface area contributed by atoms with Crippen molar-refractivity contribution in [3.63, 3.8) is 0 Å². The molecule has 2 rings (SSSR count). The topological polar surface area (TPSA) is 54.5 Å². The van der Waals surface area contributed by atoms with Crippen molar-refractivity contribution in [2.75, 3.05) is 6.54 Å². The van der Waals surface area contributed by atoms with Crippen LogP contribution in [0.2, 0.25) is 0 Å². The first-order valence-corrected chi connectivity index (χ1v) is 8.71. The zero-order valence-corrected chi connectivity index (χ0v) is 15.0. The summed E-state index contributed by atoms with van der Waals surface area (Å²) >= 11 is 0. The first kappa shape index (κ1) is 18.4. The van der Waals surface area contributed by atoms with E-state index in [2.05, 4.69) is 0 Å². The highest BCUT2D eigenvalue weighted by molar-refractivity contribution is 6.38. The van der Waals surface area contributed by atoms with Crippen LogP contribution in [0.4, 0.5) is 0 Å². The van der Waals surface area contributed by atoms with Gasteiger partial charge in [0.25, 0.3) is 5.91 Å². The molecule has 130 valence electrons. The van der Waals surface area contributed by atoms with Crippen molar-refractivity contribution in [3.8, 4) is 0 Å². The van der Waals surface area contributed by atoms with E-state index in [4.69, 9.17) is 0 Å². The van der Waals surface area contributed by atoms with Gasteiger partial charge in [0, 0.05) is 17.9 Å². The number of rotatable bonds is 5. The SMILES string of the molecule is CCC(C(=O)C1CCCN1C(=O)C(=O)C(C)(C)C)c1ccccc1. The van der Waals surface area contributed by atoms with Gasteiger partial charge in [-0.15, -0.1) is 0 Å². The number of hydrogen-bond acceptors (Lipinski definition) is 3. The third kappa shape index (κ3) is 3.74. The lowest BCUT2D eigenvalue weighted by molar-refractivity contribution is -0.150. The molecule has 2 unspecified atom stereocenters. The molecule has 1 amide bonds. The Labute approximate surface area is 144 Å². The van der Waals surface area contributed by atoms with Gasteiger partial charge in [0.15, 0.2) is 5.78 Å². The van der Waals surface area contributed by atoms with Crippen molar-refractivity contribution in [2.45, 2.75) is 58.9 Å². The highest BCUT2D eigenvalue weighted by Crippen LogP contribution is 2.29. The molecular formula is C20H27NO3. The van der Waals surface area contributed by atoms with Crippen molar-refractivity contribution >= 4 is 17.5 Å². The zero-order chi connectivity index (χ0) is 17.9. The average Bonchev–Trinajstić information content (AvgIpc) is 3.03. The minimum Gasteiger partial charge on any atom is -0.326 e. The Morgan fingerprint density at radius 2 is 1.79 bits per heavy atom. The van der Waals surface area contributed by atoms with Crippen LogP contribution in [0.1, 0.15) is 58.4 Å². The maximum Gasteiger partial charge on any atom is 0.291 e. The van der Waals surface area contributed by atoms with Gasteiger partial charge in [0.05, 0.1) is 6.04 Å². The van der Waals surface area contributed by atoms with Crippen LogP contribution in [0.3, 0.4) is 0 Å². The Balaban J connectivity index is 2.22. The number of amides is 1. The van der Waals surface area contributed by atoms with E-state index in [1.165, 1.54) is 4.90 Å². The summed E-state index contributed by atoms with van der Waals surface area (Å²) in [5.41, 5.74) is 0.253. The Morgan fingerprint density at radius 3 is 2.33 bits per heavy atom. The maximum absolute atomic E-state index is 13.1. The quantitative estimate of drug-likeness (QED) is 0.778. The average molecular weight is 329 g/mol. The smallest absolute Gasteiger partial charge is 0.291 e. The van der Waals surface area contributed by atoms with Crippen LogP contribution in [0.25, 0.3) is 0 Å². The van der Waals surface area contributed by atoms with Crippen LogP contribution >= 0.6 is 0 Å². The fourth-order valence-electron chi connectivity index (χ4n) is 3.28. The number of ketones is 2. The molecule has 0 radical (unpaired) electrons. The second-order valence-electron chi connectivity index (χ2n) is 7.51. The van der Waals surface area contributed by atoms with Crippen molar-refractivity contribution in [3.05, 3.63) is 35.9 Å². The molecule has 1 fully saturated rings. The van der Waals surface area contributed by atoms with Crippen LogP contribution in [0.15, 0.2) is 30.3 Å². The first-order chi connectivity index (χ1) is 11.3. The van der Waals surface area contributed by atoms with Crippen molar-refractivity contribution in [1.29, 1.82) is 0 Å². The summed E-state index contributed by atoms with van der Waals surface area (Å²) < 4.78 is 0. The van der Waals surface area contributed by atoms with Gasteiger partial charge in [-0.2, -0.15) is 0 Å². The van der Waals surface area contributed by atoms with Gasteiger partial charge in [-0.05, 0) is 24.8 Å². The fourth-order valence-corrected chi connectivity index (χ4v) is 3.28. The predicted molar refractivity (Wildman–Crippen MR) is 93.7 cm³/mol. The van der Waals surface area contributed by atoms with Crippen LogP contribution in [-0.2, 0) is 14.4 Å². The molecule has 0 saturated carbocycles. The fraction of sp³-hybridized carbons (Fsp3) is 0.550. The van der Waals surface area contributed by atoms with E-state index in [1.54, 1.807) is 20.8 Å². The van der Waals surface area contributed by atoms with Crippen LogP contribution in [0, 0.1) is 5.41 Å². The van der Waals surface area contributed by atoms with Crippen molar-refractivity contribution < 1.29 is 14.4 Å². The van der Waals surface area contributed by atoms with E-state index in [1.807, 2.05) is 37.3 Å². The molecule has 1 aromatic rings. The Morgan fingerprint density at radius 1 is 1.17 bits per heavy atom. The van der Waals surface area contributed by atoms with Gasteiger partial charge in [-0.3, -0.25) is 14.4 Å². The lowest BCUT2D eigenvalue weighted by atomic mass is 9.86. The number of hydrogen-bond donors (Lipinski definition) is 0. The van der Waals surface area contributed by atoms with Gasteiger partial charge in [-0.25, -0.2) is 0 Å². The number of nitrogens with zero attached hydrogens (tertiary/aromatic N) is 1. The predicted octanol–water partition coefficient (Wildman–Crippen LogP) is 3.36. The molecule has 0 aromatic heterocycles. The van der Waals surface area contributed by atoms with Crippen LogP contribution in [0.5, 0.6) is 0 Å². The molecule has 0 spiro atoms. The summed E-state index contributed by atoms with van der Waals surface area (Å²) in [4.78, 5) is 39.5. The van der Waals surface area contributed by atoms with Crippen molar-refractivity contribution in [2.24, 2.45) is 5.41 Å². The lowest BCUT2D eigenvalue weighted by Crippen LogP contribution is -2.48. The molecule has 4 heteroatoms. The summed E-state index contributed by atoms with van der Waals surface area (Å²) in [6.45, 7) is 7.68. The molecule has 0 aliphatic carbocycles.